The highest BCUT2D eigenvalue weighted by molar-refractivity contribution is 6.06. The number of hydrogen-bond donors (Lipinski definition) is 2. The quantitative estimate of drug-likeness (QED) is 0.305. The topological polar surface area (TPSA) is 121 Å². The summed E-state index contributed by atoms with van der Waals surface area (Å²) in [6, 6.07) is 18.2. The third-order valence-electron chi connectivity index (χ3n) is 5.84. The molecular weight excluding hydrogens is 488 g/mol. The first-order chi connectivity index (χ1) is 18.1. The van der Waals surface area contributed by atoms with Crippen molar-refractivity contribution >= 4 is 24.2 Å². The molecule has 0 aromatic heterocycles. The van der Waals surface area contributed by atoms with Gasteiger partial charge in [-0.3, -0.25) is 5.41 Å². The van der Waals surface area contributed by atoms with Crippen LogP contribution in [0, 0.1) is 11.3 Å². The number of imide groups is 1. The van der Waals surface area contributed by atoms with Gasteiger partial charge in [-0.25, -0.2) is 14.4 Å². The molecule has 10 nitrogen and oxygen atoms in total. The lowest BCUT2D eigenvalue weighted by molar-refractivity contribution is 0.0510. The number of rotatable bonds is 6. The van der Waals surface area contributed by atoms with Crippen molar-refractivity contribution in [2.75, 3.05) is 19.6 Å². The average Bonchev–Trinajstić information content (AvgIpc) is 2.90. The van der Waals surface area contributed by atoms with Gasteiger partial charge in [0, 0.05) is 19.6 Å². The molecule has 3 rings (SSSR count). The number of benzene rings is 2. The van der Waals surface area contributed by atoms with Crippen LogP contribution < -0.4 is 5.32 Å². The van der Waals surface area contributed by atoms with E-state index in [0.29, 0.717) is 37.4 Å². The van der Waals surface area contributed by atoms with E-state index in [9.17, 15) is 14.4 Å². The summed E-state index contributed by atoms with van der Waals surface area (Å²) in [5, 5.41) is 11.4. The highest BCUT2D eigenvalue weighted by Gasteiger charge is 2.34. The van der Waals surface area contributed by atoms with Crippen LogP contribution in [-0.2, 0) is 27.4 Å². The van der Waals surface area contributed by atoms with Crippen molar-refractivity contribution in [3.05, 3.63) is 71.8 Å². The smallest absolute Gasteiger partial charge is 0.426 e. The van der Waals surface area contributed by atoms with Crippen LogP contribution in [0.15, 0.2) is 60.7 Å². The lowest BCUT2D eigenvalue weighted by atomic mass is 9.97. The molecule has 0 spiro atoms. The molecule has 3 amide bonds. The zero-order valence-electron chi connectivity index (χ0n) is 22.1. The molecule has 0 bridgehead atoms. The summed E-state index contributed by atoms with van der Waals surface area (Å²) in [7, 11) is 0. The molecule has 10 heteroatoms. The van der Waals surface area contributed by atoms with Gasteiger partial charge in [0.2, 0.25) is 5.96 Å². The Kier molecular flexibility index (Phi) is 10.1. The highest BCUT2D eigenvalue weighted by atomic mass is 16.6. The zero-order valence-corrected chi connectivity index (χ0v) is 22.1. The summed E-state index contributed by atoms with van der Waals surface area (Å²) in [5.74, 6) is -0.130. The Bertz CT molecular complexity index is 1020. The number of nitrogens with zero attached hydrogens (tertiary/aromatic N) is 2. The standard InChI is InChI=1S/C28H36N4O6/c1-28(2,3)38-25(33)30-18-21-14-16-31(17-15-21)24(29)32(26(34)36-19-22-10-6-4-7-11-22)27(35)37-20-23-12-8-5-9-13-23/h4-13,21,29H,14-20H2,1-3H3,(H,30,33). The van der Waals surface area contributed by atoms with Crippen molar-refractivity contribution in [3.8, 4) is 0 Å². The van der Waals surface area contributed by atoms with Crippen LogP contribution in [0.1, 0.15) is 44.7 Å². The van der Waals surface area contributed by atoms with Crippen molar-refractivity contribution in [2.45, 2.75) is 52.4 Å². The van der Waals surface area contributed by atoms with Crippen LogP contribution in [0.3, 0.4) is 0 Å². The monoisotopic (exact) mass is 524 g/mol. The van der Waals surface area contributed by atoms with Crippen molar-refractivity contribution in [1.82, 2.24) is 15.1 Å². The average molecular weight is 525 g/mol. The van der Waals surface area contributed by atoms with Crippen molar-refractivity contribution in [3.63, 3.8) is 0 Å². The number of carbonyl (C=O) groups is 3. The van der Waals surface area contributed by atoms with E-state index in [4.69, 9.17) is 19.6 Å². The van der Waals surface area contributed by atoms with Gasteiger partial charge in [0.1, 0.15) is 18.8 Å². The number of piperidine rings is 1. The second-order valence-electron chi connectivity index (χ2n) is 10.1. The van der Waals surface area contributed by atoms with Gasteiger partial charge in [-0.05, 0) is 50.7 Å². The minimum atomic E-state index is -0.981. The number of hydrogen-bond acceptors (Lipinski definition) is 7. The normalized spacial score (nSPS) is 13.8. The van der Waals surface area contributed by atoms with Gasteiger partial charge < -0.3 is 24.4 Å². The van der Waals surface area contributed by atoms with Gasteiger partial charge in [-0.2, -0.15) is 0 Å². The third-order valence-corrected chi connectivity index (χ3v) is 5.84. The summed E-state index contributed by atoms with van der Waals surface area (Å²) in [6.45, 7) is 6.61. The largest absolute Gasteiger partial charge is 0.444 e. The molecule has 38 heavy (non-hydrogen) atoms. The maximum absolute atomic E-state index is 13.0. The number of ether oxygens (including phenoxy) is 3. The SMILES string of the molecule is CC(C)(C)OC(=O)NCC1CCN(C(=N)N(C(=O)OCc2ccccc2)C(=O)OCc2ccccc2)CC1. The number of carbonyl (C=O) groups excluding carboxylic acids is 3. The number of likely N-dealkylation sites (tertiary alicyclic amines) is 1. The molecular formula is C28H36N4O6. The van der Waals surface area contributed by atoms with Crippen LogP contribution >= 0.6 is 0 Å². The number of nitrogens with one attached hydrogen (secondary N) is 2. The minimum absolute atomic E-state index is 0.0478. The molecule has 1 aliphatic rings. The number of alkyl carbamates (subject to hydrolysis) is 1. The molecule has 204 valence electrons. The molecule has 1 fully saturated rings. The predicted octanol–water partition coefficient (Wildman–Crippen LogP) is 5.13. The van der Waals surface area contributed by atoms with Crippen LogP contribution in [0.2, 0.25) is 0 Å². The van der Waals surface area contributed by atoms with Crippen molar-refractivity contribution in [2.24, 2.45) is 5.92 Å². The fourth-order valence-corrected chi connectivity index (χ4v) is 3.85. The van der Waals surface area contributed by atoms with E-state index in [1.807, 2.05) is 36.4 Å². The minimum Gasteiger partial charge on any atom is -0.444 e. The Hall–Kier alpha value is -4.08. The van der Waals surface area contributed by atoms with E-state index in [1.54, 1.807) is 49.9 Å². The van der Waals surface area contributed by atoms with Crippen LogP contribution in [-0.4, -0.2) is 59.3 Å². The Balaban J connectivity index is 1.59. The molecule has 2 aromatic rings. The van der Waals surface area contributed by atoms with E-state index in [0.717, 1.165) is 11.1 Å². The van der Waals surface area contributed by atoms with E-state index in [-0.39, 0.29) is 25.1 Å². The summed E-state index contributed by atoms with van der Waals surface area (Å²) < 4.78 is 16.0. The first-order valence-corrected chi connectivity index (χ1v) is 12.6. The molecule has 1 saturated heterocycles. The number of amides is 3. The van der Waals surface area contributed by atoms with E-state index < -0.39 is 23.9 Å². The van der Waals surface area contributed by atoms with Crippen molar-refractivity contribution in [1.29, 1.82) is 5.41 Å². The Morgan fingerprint density at radius 1 is 0.895 bits per heavy atom. The summed E-state index contributed by atoms with van der Waals surface area (Å²) >= 11 is 0. The Morgan fingerprint density at radius 2 is 1.37 bits per heavy atom. The van der Waals surface area contributed by atoms with Gasteiger partial charge in [0.25, 0.3) is 0 Å². The van der Waals surface area contributed by atoms with Gasteiger partial charge in [-0.15, -0.1) is 4.90 Å². The van der Waals surface area contributed by atoms with Gasteiger partial charge >= 0.3 is 18.3 Å². The predicted molar refractivity (Wildman–Crippen MR) is 141 cm³/mol. The Morgan fingerprint density at radius 3 is 1.82 bits per heavy atom. The summed E-state index contributed by atoms with van der Waals surface area (Å²) in [4.78, 5) is 40.2. The molecule has 0 radical (unpaired) electrons. The number of guanidine groups is 1. The second-order valence-corrected chi connectivity index (χ2v) is 10.1. The lowest BCUT2D eigenvalue weighted by Crippen LogP contribution is -2.52. The van der Waals surface area contributed by atoms with Gasteiger partial charge in [0.05, 0.1) is 0 Å². The third kappa shape index (κ3) is 9.10. The van der Waals surface area contributed by atoms with E-state index in [2.05, 4.69) is 5.32 Å². The first kappa shape index (κ1) is 28.5. The molecule has 2 aromatic carbocycles. The fourth-order valence-electron chi connectivity index (χ4n) is 3.85. The van der Waals surface area contributed by atoms with Crippen molar-refractivity contribution < 1.29 is 28.6 Å². The molecule has 1 heterocycles. The Labute approximate surface area is 223 Å². The molecule has 2 N–H and O–H groups in total. The van der Waals surface area contributed by atoms with Crippen LogP contribution in [0.5, 0.6) is 0 Å². The maximum atomic E-state index is 13.0. The first-order valence-electron chi connectivity index (χ1n) is 12.6. The van der Waals surface area contributed by atoms with Crippen LogP contribution in [0.4, 0.5) is 14.4 Å². The maximum Gasteiger partial charge on any atom is 0.426 e. The van der Waals surface area contributed by atoms with E-state index >= 15 is 0 Å². The lowest BCUT2D eigenvalue weighted by Gasteiger charge is -2.35. The summed E-state index contributed by atoms with van der Waals surface area (Å²) in [5.41, 5.74) is 0.933. The second kappa shape index (κ2) is 13.5. The molecule has 0 unspecified atom stereocenters. The van der Waals surface area contributed by atoms with Gasteiger partial charge in [0.15, 0.2) is 0 Å². The highest BCUT2D eigenvalue weighted by Crippen LogP contribution is 2.19. The molecule has 0 atom stereocenters. The molecule has 0 saturated carbocycles. The molecule has 1 aliphatic heterocycles. The summed E-state index contributed by atoms with van der Waals surface area (Å²) in [6.07, 6.45) is -1.12. The van der Waals surface area contributed by atoms with Gasteiger partial charge in [-0.1, -0.05) is 60.7 Å². The fraction of sp³-hybridized carbons (Fsp3) is 0.429. The van der Waals surface area contributed by atoms with E-state index in [1.165, 1.54) is 0 Å². The molecule has 0 aliphatic carbocycles. The zero-order chi connectivity index (χ0) is 27.5. The van der Waals surface area contributed by atoms with Crippen LogP contribution in [0.25, 0.3) is 0 Å².